The first-order valence-corrected chi connectivity index (χ1v) is 9.23. The van der Waals surface area contributed by atoms with Crippen molar-refractivity contribution in [2.45, 2.75) is 25.4 Å². The van der Waals surface area contributed by atoms with Crippen LogP contribution in [-0.4, -0.2) is 49.1 Å². The van der Waals surface area contributed by atoms with E-state index in [0.717, 1.165) is 19.3 Å². The van der Waals surface area contributed by atoms with Crippen LogP contribution < -0.4 is 11.1 Å². The Hall–Kier alpha value is -2.64. The number of nitrogens with one attached hydrogen (secondary N) is 1. The second kappa shape index (κ2) is 9.34. The number of benzene rings is 1. The number of anilines is 1. The highest BCUT2D eigenvalue weighted by Gasteiger charge is 2.24. The highest BCUT2D eigenvalue weighted by atomic mass is 16.5. The highest BCUT2D eigenvalue weighted by Crippen LogP contribution is 2.19. The van der Waals surface area contributed by atoms with Gasteiger partial charge in [0.2, 0.25) is 0 Å². The van der Waals surface area contributed by atoms with Crippen LogP contribution in [-0.2, 0) is 4.74 Å². The summed E-state index contributed by atoms with van der Waals surface area (Å²) in [5.74, 6) is -0.159. The SMILES string of the molecule is NCCCOC1CCN(C(=O)c2cccc(NC(=O)c3ccco3)c2)CC1. The van der Waals surface area contributed by atoms with Crippen LogP contribution in [0.2, 0.25) is 0 Å². The van der Waals surface area contributed by atoms with Crippen LogP contribution in [0.3, 0.4) is 0 Å². The van der Waals surface area contributed by atoms with E-state index in [1.807, 2.05) is 4.90 Å². The quantitative estimate of drug-likeness (QED) is 0.729. The van der Waals surface area contributed by atoms with E-state index >= 15 is 0 Å². The normalized spacial score (nSPS) is 14.9. The van der Waals surface area contributed by atoms with Gasteiger partial charge in [-0.25, -0.2) is 0 Å². The number of furan rings is 1. The van der Waals surface area contributed by atoms with Crippen LogP contribution in [0.15, 0.2) is 47.1 Å². The minimum Gasteiger partial charge on any atom is -0.459 e. The number of nitrogens with zero attached hydrogens (tertiary/aromatic N) is 1. The van der Waals surface area contributed by atoms with Crippen LogP contribution in [0.4, 0.5) is 5.69 Å². The highest BCUT2D eigenvalue weighted by molar-refractivity contribution is 6.03. The van der Waals surface area contributed by atoms with Crippen LogP contribution in [0, 0.1) is 0 Å². The summed E-state index contributed by atoms with van der Waals surface area (Å²) in [5.41, 5.74) is 6.58. The maximum atomic E-state index is 12.8. The van der Waals surface area contributed by atoms with E-state index in [1.165, 1.54) is 6.26 Å². The van der Waals surface area contributed by atoms with E-state index in [-0.39, 0.29) is 23.7 Å². The second-order valence-electron chi connectivity index (χ2n) is 6.52. The molecule has 2 heterocycles. The predicted octanol–water partition coefficient (Wildman–Crippen LogP) is 2.50. The van der Waals surface area contributed by atoms with Gasteiger partial charge in [-0.05, 0) is 56.1 Å². The van der Waals surface area contributed by atoms with Gasteiger partial charge < -0.3 is 25.1 Å². The monoisotopic (exact) mass is 371 g/mol. The van der Waals surface area contributed by atoms with E-state index < -0.39 is 0 Å². The average Bonchev–Trinajstić information content (AvgIpc) is 3.23. The van der Waals surface area contributed by atoms with Gasteiger partial charge in [-0.1, -0.05) is 6.07 Å². The molecule has 0 radical (unpaired) electrons. The molecule has 0 saturated carbocycles. The van der Waals surface area contributed by atoms with E-state index in [4.69, 9.17) is 14.9 Å². The molecule has 2 aromatic rings. The summed E-state index contributed by atoms with van der Waals surface area (Å²) >= 11 is 0. The van der Waals surface area contributed by atoms with Gasteiger partial charge in [0.25, 0.3) is 11.8 Å². The molecule has 2 amide bonds. The molecule has 1 fully saturated rings. The predicted molar refractivity (Wildman–Crippen MR) is 102 cm³/mol. The Kier molecular flexibility index (Phi) is 6.62. The number of hydrogen-bond acceptors (Lipinski definition) is 5. The molecule has 0 aliphatic carbocycles. The van der Waals surface area contributed by atoms with E-state index in [9.17, 15) is 9.59 Å². The number of piperidine rings is 1. The van der Waals surface area contributed by atoms with Crippen molar-refractivity contribution in [1.82, 2.24) is 4.90 Å². The summed E-state index contributed by atoms with van der Waals surface area (Å²) in [7, 11) is 0. The molecule has 3 N–H and O–H groups in total. The lowest BCUT2D eigenvalue weighted by molar-refractivity contribution is 0.00844. The van der Waals surface area contributed by atoms with Crippen molar-refractivity contribution in [3.05, 3.63) is 54.0 Å². The van der Waals surface area contributed by atoms with Crippen molar-refractivity contribution in [2.24, 2.45) is 5.73 Å². The number of rotatable bonds is 7. The number of carbonyl (C=O) groups is 2. The van der Waals surface area contributed by atoms with Crippen LogP contribution in [0.5, 0.6) is 0 Å². The third-order valence-corrected chi connectivity index (χ3v) is 4.54. The Morgan fingerprint density at radius 1 is 1.22 bits per heavy atom. The van der Waals surface area contributed by atoms with Gasteiger partial charge in [0.1, 0.15) is 0 Å². The summed E-state index contributed by atoms with van der Waals surface area (Å²) in [6, 6.07) is 10.2. The molecular weight excluding hydrogens is 346 g/mol. The summed E-state index contributed by atoms with van der Waals surface area (Å²) in [6.07, 6.45) is 4.14. The molecule has 3 rings (SSSR count). The molecule has 7 heteroatoms. The number of amides is 2. The first-order valence-electron chi connectivity index (χ1n) is 9.23. The topological polar surface area (TPSA) is 97.8 Å². The molecule has 27 heavy (non-hydrogen) atoms. The zero-order valence-corrected chi connectivity index (χ0v) is 15.2. The number of ether oxygens (including phenoxy) is 1. The molecule has 7 nitrogen and oxygen atoms in total. The lowest BCUT2D eigenvalue weighted by atomic mass is 10.1. The third-order valence-electron chi connectivity index (χ3n) is 4.54. The Bertz CT molecular complexity index is 752. The average molecular weight is 371 g/mol. The molecule has 1 aromatic carbocycles. The molecule has 1 aliphatic rings. The first-order chi connectivity index (χ1) is 13.2. The second-order valence-corrected chi connectivity index (χ2v) is 6.52. The fourth-order valence-corrected chi connectivity index (χ4v) is 3.07. The van der Waals surface area contributed by atoms with Gasteiger partial charge >= 0.3 is 0 Å². The fourth-order valence-electron chi connectivity index (χ4n) is 3.07. The Morgan fingerprint density at radius 2 is 2.04 bits per heavy atom. The Labute approximate surface area is 158 Å². The lowest BCUT2D eigenvalue weighted by Gasteiger charge is -2.32. The van der Waals surface area contributed by atoms with Crippen molar-refractivity contribution < 1.29 is 18.7 Å². The molecule has 1 saturated heterocycles. The maximum Gasteiger partial charge on any atom is 0.291 e. The first kappa shape index (κ1) is 19.1. The van der Waals surface area contributed by atoms with Crippen molar-refractivity contribution in [1.29, 1.82) is 0 Å². The summed E-state index contributed by atoms with van der Waals surface area (Å²) in [4.78, 5) is 26.7. The Morgan fingerprint density at radius 3 is 2.74 bits per heavy atom. The molecule has 0 spiro atoms. The molecule has 0 atom stereocenters. The van der Waals surface area contributed by atoms with Gasteiger partial charge in [0.15, 0.2) is 5.76 Å². The molecule has 1 aromatic heterocycles. The van der Waals surface area contributed by atoms with Crippen molar-refractivity contribution >= 4 is 17.5 Å². The fraction of sp³-hybridized carbons (Fsp3) is 0.400. The van der Waals surface area contributed by atoms with Gasteiger partial charge in [-0.15, -0.1) is 0 Å². The van der Waals surface area contributed by atoms with E-state index in [0.29, 0.717) is 37.5 Å². The Balaban J connectivity index is 1.55. The zero-order chi connectivity index (χ0) is 19.1. The minimum atomic E-state index is -0.347. The minimum absolute atomic E-state index is 0.0375. The maximum absolute atomic E-state index is 12.8. The van der Waals surface area contributed by atoms with Crippen molar-refractivity contribution in [3.63, 3.8) is 0 Å². The van der Waals surface area contributed by atoms with Crippen LogP contribution >= 0.6 is 0 Å². The number of likely N-dealkylation sites (tertiary alicyclic amines) is 1. The zero-order valence-electron chi connectivity index (χ0n) is 15.2. The largest absolute Gasteiger partial charge is 0.459 e. The number of nitrogens with two attached hydrogens (primary N) is 1. The van der Waals surface area contributed by atoms with Gasteiger partial charge in [0, 0.05) is 30.9 Å². The van der Waals surface area contributed by atoms with Crippen molar-refractivity contribution in [3.8, 4) is 0 Å². The number of hydrogen-bond donors (Lipinski definition) is 2. The smallest absolute Gasteiger partial charge is 0.291 e. The summed E-state index contributed by atoms with van der Waals surface area (Å²) in [6.45, 7) is 2.63. The molecule has 144 valence electrons. The van der Waals surface area contributed by atoms with E-state index in [2.05, 4.69) is 5.32 Å². The van der Waals surface area contributed by atoms with E-state index in [1.54, 1.807) is 36.4 Å². The molecule has 1 aliphatic heterocycles. The van der Waals surface area contributed by atoms with Gasteiger partial charge in [-0.3, -0.25) is 9.59 Å². The summed E-state index contributed by atoms with van der Waals surface area (Å²) in [5, 5.41) is 2.74. The number of carbonyl (C=O) groups excluding carboxylic acids is 2. The third kappa shape index (κ3) is 5.18. The van der Waals surface area contributed by atoms with Crippen LogP contribution in [0.1, 0.15) is 40.2 Å². The van der Waals surface area contributed by atoms with Gasteiger partial charge in [0.05, 0.1) is 12.4 Å². The van der Waals surface area contributed by atoms with Gasteiger partial charge in [-0.2, -0.15) is 0 Å². The molecule has 0 unspecified atom stereocenters. The standard InChI is InChI=1S/C20H25N3O4/c21-9-3-13-26-17-7-10-23(11-8-17)20(25)15-4-1-5-16(14-15)22-19(24)18-6-2-12-27-18/h1-2,4-6,12,14,17H,3,7-11,13,21H2,(H,22,24). The molecule has 0 bridgehead atoms. The molecular formula is C20H25N3O4. The summed E-state index contributed by atoms with van der Waals surface area (Å²) < 4.78 is 10.9. The van der Waals surface area contributed by atoms with Crippen LogP contribution in [0.25, 0.3) is 0 Å². The van der Waals surface area contributed by atoms with Crippen molar-refractivity contribution in [2.75, 3.05) is 31.6 Å². The lowest BCUT2D eigenvalue weighted by Crippen LogP contribution is -2.41.